The van der Waals surface area contributed by atoms with Gasteiger partial charge in [0.05, 0.1) is 11.5 Å². The number of nitrogens with one attached hydrogen (secondary N) is 1. The lowest BCUT2D eigenvalue weighted by Gasteiger charge is -2.15. The summed E-state index contributed by atoms with van der Waals surface area (Å²) in [7, 11) is -1.71. The van der Waals surface area contributed by atoms with Crippen LogP contribution in [0.15, 0.2) is 48.5 Å². The van der Waals surface area contributed by atoms with Gasteiger partial charge in [0.2, 0.25) is 0 Å². The van der Waals surface area contributed by atoms with E-state index < -0.39 is 24.8 Å². The molecule has 6 heteroatoms. The van der Waals surface area contributed by atoms with E-state index in [2.05, 4.69) is 5.32 Å². The summed E-state index contributed by atoms with van der Waals surface area (Å²) in [4.78, 5) is 12.2. The third-order valence-corrected chi connectivity index (χ3v) is 3.13. The first-order valence-electron chi connectivity index (χ1n) is 6.51. The van der Waals surface area contributed by atoms with Gasteiger partial charge in [0, 0.05) is 0 Å². The van der Waals surface area contributed by atoms with Gasteiger partial charge in [-0.25, -0.2) is 4.39 Å². The SMILES string of the molecule is CC(NC(=O)c1c(F)cccc1-c1ccccc1)B(O)O. The Kier molecular flexibility index (Phi) is 4.72. The average Bonchev–Trinajstić information content (AvgIpc) is 2.47. The average molecular weight is 287 g/mol. The first kappa shape index (κ1) is 15.2. The molecule has 2 aromatic rings. The van der Waals surface area contributed by atoms with Crippen LogP contribution in [-0.2, 0) is 0 Å². The van der Waals surface area contributed by atoms with Crippen molar-refractivity contribution in [3.05, 3.63) is 59.9 Å². The van der Waals surface area contributed by atoms with Crippen molar-refractivity contribution in [2.45, 2.75) is 12.9 Å². The molecule has 0 aliphatic rings. The summed E-state index contributed by atoms with van der Waals surface area (Å²) in [6.45, 7) is 1.42. The van der Waals surface area contributed by atoms with Crippen LogP contribution in [0.25, 0.3) is 11.1 Å². The van der Waals surface area contributed by atoms with Gasteiger partial charge in [0.15, 0.2) is 0 Å². The zero-order valence-electron chi connectivity index (χ0n) is 11.5. The van der Waals surface area contributed by atoms with Crippen molar-refractivity contribution in [3.8, 4) is 11.1 Å². The van der Waals surface area contributed by atoms with Crippen molar-refractivity contribution in [2.75, 3.05) is 0 Å². The minimum Gasteiger partial charge on any atom is -0.426 e. The Morgan fingerprint density at radius 2 is 1.81 bits per heavy atom. The highest BCUT2D eigenvalue weighted by atomic mass is 19.1. The Bertz CT molecular complexity index is 634. The molecule has 0 aromatic heterocycles. The normalized spacial score (nSPS) is 11.8. The molecule has 3 N–H and O–H groups in total. The van der Waals surface area contributed by atoms with E-state index in [9.17, 15) is 9.18 Å². The Labute approximate surface area is 122 Å². The first-order valence-corrected chi connectivity index (χ1v) is 6.51. The quantitative estimate of drug-likeness (QED) is 0.748. The molecule has 1 unspecified atom stereocenters. The van der Waals surface area contributed by atoms with Crippen LogP contribution in [0.1, 0.15) is 17.3 Å². The Hall–Kier alpha value is -2.18. The molecular formula is C15H15BFNO3. The molecule has 0 saturated carbocycles. The van der Waals surface area contributed by atoms with Crippen molar-refractivity contribution in [2.24, 2.45) is 0 Å². The maximum atomic E-state index is 14.1. The van der Waals surface area contributed by atoms with Gasteiger partial charge in [-0.3, -0.25) is 4.79 Å². The second-order valence-electron chi connectivity index (χ2n) is 4.70. The van der Waals surface area contributed by atoms with Crippen molar-refractivity contribution in [1.29, 1.82) is 0 Å². The minimum atomic E-state index is -1.71. The zero-order chi connectivity index (χ0) is 15.4. The van der Waals surface area contributed by atoms with Gasteiger partial charge >= 0.3 is 7.12 Å². The highest BCUT2D eigenvalue weighted by Crippen LogP contribution is 2.25. The van der Waals surface area contributed by atoms with Gasteiger partial charge in [0.1, 0.15) is 5.82 Å². The van der Waals surface area contributed by atoms with Crippen LogP contribution in [0.5, 0.6) is 0 Å². The largest absolute Gasteiger partial charge is 0.475 e. The number of hydrogen-bond acceptors (Lipinski definition) is 3. The predicted molar refractivity (Wildman–Crippen MR) is 79.0 cm³/mol. The Balaban J connectivity index is 2.41. The van der Waals surface area contributed by atoms with Crippen LogP contribution in [-0.4, -0.2) is 29.0 Å². The zero-order valence-corrected chi connectivity index (χ0v) is 11.5. The number of rotatable bonds is 4. The fourth-order valence-electron chi connectivity index (χ4n) is 1.97. The summed E-state index contributed by atoms with van der Waals surface area (Å²) >= 11 is 0. The maximum absolute atomic E-state index is 14.1. The van der Waals surface area contributed by atoms with E-state index in [-0.39, 0.29) is 5.56 Å². The second kappa shape index (κ2) is 6.52. The summed E-state index contributed by atoms with van der Waals surface area (Å²) in [5.74, 6) is -2.25. The molecule has 0 aliphatic carbocycles. The van der Waals surface area contributed by atoms with Gasteiger partial charge in [-0.2, -0.15) is 0 Å². The van der Waals surface area contributed by atoms with E-state index in [1.54, 1.807) is 30.3 Å². The summed E-state index contributed by atoms with van der Waals surface area (Å²) in [5, 5.41) is 20.4. The third kappa shape index (κ3) is 3.48. The molecule has 21 heavy (non-hydrogen) atoms. The van der Waals surface area contributed by atoms with Crippen LogP contribution >= 0.6 is 0 Å². The summed E-state index contributed by atoms with van der Waals surface area (Å²) in [6, 6.07) is 13.3. The molecule has 108 valence electrons. The predicted octanol–water partition coefficient (Wildman–Crippen LogP) is 1.62. The standard InChI is InChI=1S/C15H15BFNO3/c1-10(16(20)21)18-15(19)14-12(8-5-9-13(14)17)11-6-3-2-4-7-11/h2-10,20-21H,1H3,(H,18,19). The van der Waals surface area contributed by atoms with Gasteiger partial charge in [-0.1, -0.05) is 42.5 Å². The molecule has 0 radical (unpaired) electrons. The topological polar surface area (TPSA) is 69.6 Å². The Morgan fingerprint density at radius 1 is 1.14 bits per heavy atom. The van der Waals surface area contributed by atoms with Gasteiger partial charge in [-0.15, -0.1) is 0 Å². The summed E-state index contributed by atoms with van der Waals surface area (Å²) in [5.41, 5.74) is 1.04. The fourth-order valence-corrected chi connectivity index (χ4v) is 1.97. The molecule has 2 rings (SSSR count). The van der Waals surface area contributed by atoms with Gasteiger partial charge < -0.3 is 15.4 Å². The van der Waals surface area contributed by atoms with Crippen LogP contribution in [0.3, 0.4) is 0 Å². The van der Waals surface area contributed by atoms with E-state index in [0.29, 0.717) is 11.1 Å². The molecule has 4 nitrogen and oxygen atoms in total. The molecule has 0 aliphatic heterocycles. The van der Waals surface area contributed by atoms with Crippen LogP contribution in [0, 0.1) is 5.82 Å². The molecule has 0 saturated heterocycles. The van der Waals surface area contributed by atoms with Crippen LogP contribution in [0.2, 0.25) is 0 Å². The third-order valence-electron chi connectivity index (χ3n) is 3.13. The van der Waals surface area contributed by atoms with E-state index in [0.717, 1.165) is 0 Å². The van der Waals surface area contributed by atoms with Gasteiger partial charge in [-0.05, 0) is 24.1 Å². The summed E-state index contributed by atoms with van der Waals surface area (Å²) in [6.07, 6.45) is 0. The smallest absolute Gasteiger partial charge is 0.426 e. The lowest BCUT2D eigenvalue weighted by molar-refractivity contribution is 0.0941. The molecule has 0 bridgehead atoms. The molecule has 2 aromatic carbocycles. The van der Waals surface area contributed by atoms with Crippen molar-refractivity contribution in [3.63, 3.8) is 0 Å². The summed E-state index contributed by atoms with van der Waals surface area (Å²) < 4.78 is 14.1. The van der Waals surface area contributed by atoms with Crippen molar-refractivity contribution < 1.29 is 19.2 Å². The lowest BCUT2D eigenvalue weighted by Crippen LogP contribution is -2.44. The monoisotopic (exact) mass is 287 g/mol. The molecular weight excluding hydrogens is 272 g/mol. The minimum absolute atomic E-state index is 0.115. The maximum Gasteiger partial charge on any atom is 0.475 e. The second-order valence-corrected chi connectivity index (χ2v) is 4.70. The van der Waals surface area contributed by atoms with Crippen LogP contribution < -0.4 is 5.32 Å². The van der Waals surface area contributed by atoms with E-state index >= 15 is 0 Å². The first-order chi connectivity index (χ1) is 10.0. The molecule has 0 heterocycles. The fraction of sp³-hybridized carbons (Fsp3) is 0.133. The van der Waals surface area contributed by atoms with Crippen molar-refractivity contribution >= 4 is 13.0 Å². The molecule has 0 fully saturated rings. The highest BCUT2D eigenvalue weighted by molar-refractivity contribution is 6.43. The number of benzene rings is 2. The van der Waals surface area contributed by atoms with Crippen LogP contribution in [0.4, 0.5) is 4.39 Å². The van der Waals surface area contributed by atoms with Gasteiger partial charge in [0.25, 0.3) is 5.91 Å². The molecule has 0 spiro atoms. The van der Waals surface area contributed by atoms with Crippen molar-refractivity contribution in [1.82, 2.24) is 5.32 Å². The molecule has 1 atom stereocenters. The number of carbonyl (C=O) groups excluding carboxylic acids is 1. The number of carbonyl (C=O) groups is 1. The van der Waals surface area contributed by atoms with E-state index in [1.807, 2.05) is 6.07 Å². The highest BCUT2D eigenvalue weighted by Gasteiger charge is 2.24. The number of hydrogen-bond donors (Lipinski definition) is 3. The van der Waals surface area contributed by atoms with E-state index in [1.165, 1.54) is 19.1 Å². The number of halogens is 1. The lowest BCUT2D eigenvalue weighted by atomic mass is 9.81. The Morgan fingerprint density at radius 3 is 2.43 bits per heavy atom. The number of amides is 1. The van der Waals surface area contributed by atoms with E-state index in [4.69, 9.17) is 10.0 Å². The molecule has 1 amide bonds.